The van der Waals surface area contributed by atoms with Crippen molar-refractivity contribution in [2.75, 3.05) is 6.54 Å². The summed E-state index contributed by atoms with van der Waals surface area (Å²) >= 11 is 1.50. The summed E-state index contributed by atoms with van der Waals surface area (Å²) in [6, 6.07) is 11.3. The summed E-state index contributed by atoms with van der Waals surface area (Å²) in [6.45, 7) is 0.259. The van der Waals surface area contributed by atoms with Gasteiger partial charge in [-0.2, -0.15) is 13.2 Å². The fourth-order valence-electron chi connectivity index (χ4n) is 2.26. The first-order chi connectivity index (χ1) is 12.4. The van der Waals surface area contributed by atoms with Crippen LogP contribution in [0.3, 0.4) is 0 Å². The summed E-state index contributed by atoms with van der Waals surface area (Å²) in [7, 11) is 0. The summed E-state index contributed by atoms with van der Waals surface area (Å²) in [5, 5.41) is 5.35. The van der Waals surface area contributed by atoms with Crippen molar-refractivity contribution in [2.24, 2.45) is 0 Å². The van der Waals surface area contributed by atoms with Crippen LogP contribution in [0.2, 0.25) is 0 Å². The SMILES string of the molecule is O=C(NCCc1csc(-c2ccccc2)n1)c1cc(C(F)(F)F)ccn1. The second-order valence-corrected chi connectivity index (χ2v) is 6.30. The number of hydrogen-bond acceptors (Lipinski definition) is 4. The van der Waals surface area contributed by atoms with Gasteiger partial charge in [-0.3, -0.25) is 9.78 Å². The third-order valence-electron chi connectivity index (χ3n) is 3.56. The molecular formula is C18H14F3N3OS. The molecule has 4 nitrogen and oxygen atoms in total. The van der Waals surface area contributed by atoms with Crippen LogP contribution < -0.4 is 5.32 Å². The van der Waals surface area contributed by atoms with Gasteiger partial charge in [-0.1, -0.05) is 30.3 Å². The number of nitrogens with one attached hydrogen (secondary N) is 1. The number of hydrogen-bond donors (Lipinski definition) is 1. The Labute approximate surface area is 151 Å². The van der Waals surface area contributed by atoms with E-state index in [0.29, 0.717) is 6.42 Å². The van der Waals surface area contributed by atoms with Crippen LogP contribution in [0.5, 0.6) is 0 Å². The highest BCUT2D eigenvalue weighted by Gasteiger charge is 2.31. The Morgan fingerprint density at radius 2 is 1.92 bits per heavy atom. The molecule has 3 aromatic rings. The summed E-state index contributed by atoms with van der Waals surface area (Å²) in [5.74, 6) is -0.644. The number of nitrogens with zero attached hydrogens (tertiary/aromatic N) is 2. The Balaban J connectivity index is 1.57. The average Bonchev–Trinajstić information content (AvgIpc) is 3.11. The van der Waals surface area contributed by atoms with E-state index in [4.69, 9.17) is 0 Å². The summed E-state index contributed by atoms with van der Waals surface area (Å²) in [6.07, 6.45) is -3.05. The van der Waals surface area contributed by atoms with Crippen LogP contribution in [0.25, 0.3) is 10.6 Å². The molecule has 0 atom stereocenters. The van der Waals surface area contributed by atoms with Crippen LogP contribution in [0, 0.1) is 0 Å². The van der Waals surface area contributed by atoms with Crippen LogP contribution in [0.1, 0.15) is 21.7 Å². The molecule has 0 aliphatic rings. The molecular weight excluding hydrogens is 363 g/mol. The standard InChI is InChI=1S/C18H14F3N3OS/c19-18(20,21)13-6-8-22-15(10-13)16(25)23-9-7-14-11-26-17(24-14)12-4-2-1-3-5-12/h1-6,8,10-11H,7,9H2,(H,23,25). The van der Waals surface area contributed by atoms with E-state index in [1.807, 2.05) is 35.7 Å². The largest absolute Gasteiger partial charge is 0.416 e. The van der Waals surface area contributed by atoms with Crippen LogP contribution in [0.4, 0.5) is 13.2 Å². The van der Waals surface area contributed by atoms with E-state index in [2.05, 4.69) is 15.3 Å². The zero-order valence-corrected chi connectivity index (χ0v) is 14.3. The minimum absolute atomic E-state index is 0.259. The predicted molar refractivity (Wildman–Crippen MR) is 92.8 cm³/mol. The number of thiazole rings is 1. The van der Waals surface area contributed by atoms with Crippen LogP contribution >= 0.6 is 11.3 Å². The van der Waals surface area contributed by atoms with Crippen molar-refractivity contribution in [1.82, 2.24) is 15.3 Å². The second kappa shape index (κ2) is 7.65. The number of alkyl halides is 3. The maximum atomic E-state index is 12.7. The molecule has 0 aliphatic carbocycles. The van der Waals surface area contributed by atoms with Crippen molar-refractivity contribution < 1.29 is 18.0 Å². The first-order valence-corrected chi connectivity index (χ1v) is 8.63. The highest BCUT2D eigenvalue weighted by molar-refractivity contribution is 7.13. The lowest BCUT2D eigenvalue weighted by atomic mass is 10.2. The van der Waals surface area contributed by atoms with Gasteiger partial charge in [0, 0.05) is 30.1 Å². The molecule has 1 aromatic carbocycles. The number of rotatable bonds is 5. The average molecular weight is 377 g/mol. The molecule has 0 radical (unpaired) electrons. The minimum atomic E-state index is -4.51. The first kappa shape index (κ1) is 18.1. The lowest BCUT2D eigenvalue weighted by molar-refractivity contribution is -0.137. The number of carbonyl (C=O) groups is 1. The van der Waals surface area contributed by atoms with E-state index in [-0.39, 0.29) is 12.2 Å². The summed E-state index contributed by atoms with van der Waals surface area (Å²) in [5.41, 5.74) is 0.667. The Morgan fingerprint density at radius 3 is 2.65 bits per heavy atom. The highest BCUT2D eigenvalue weighted by Crippen LogP contribution is 2.29. The monoisotopic (exact) mass is 377 g/mol. The molecule has 8 heteroatoms. The molecule has 0 saturated heterocycles. The summed E-state index contributed by atoms with van der Waals surface area (Å²) in [4.78, 5) is 20.2. The molecule has 3 rings (SSSR count). The molecule has 0 saturated carbocycles. The molecule has 0 aliphatic heterocycles. The number of aromatic nitrogens is 2. The van der Waals surface area contributed by atoms with Gasteiger partial charge in [-0.25, -0.2) is 4.98 Å². The van der Waals surface area contributed by atoms with Crippen molar-refractivity contribution >= 4 is 17.2 Å². The lowest BCUT2D eigenvalue weighted by Gasteiger charge is -2.08. The molecule has 0 bridgehead atoms. The zero-order valence-electron chi connectivity index (χ0n) is 13.5. The number of benzene rings is 1. The van der Waals surface area contributed by atoms with Gasteiger partial charge in [0.05, 0.1) is 11.3 Å². The van der Waals surface area contributed by atoms with Gasteiger partial charge >= 0.3 is 6.18 Å². The van der Waals surface area contributed by atoms with E-state index in [0.717, 1.165) is 34.6 Å². The maximum absolute atomic E-state index is 12.7. The third kappa shape index (κ3) is 4.45. The molecule has 134 valence electrons. The molecule has 2 aromatic heterocycles. The Kier molecular flexibility index (Phi) is 5.32. The summed E-state index contributed by atoms with van der Waals surface area (Å²) < 4.78 is 38.0. The smallest absolute Gasteiger partial charge is 0.350 e. The molecule has 0 unspecified atom stereocenters. The van der Waals surface area contributed by atoms with E-state index < -0.39 is 17.6 Å². The van der Waals surface area contributed by atoms with E-state index in [9.17, 15) is 18.0 Å². The van der Waals surface area contributed by atoms with Gasteiger partial charge in [0.25, 0.3) is 5.91 Å². The van der Waals surface area contributed by atoms with E-state index in [1.54, 1.807) is 0 Å². The molecule has 0 fully saturated rings. The second-order valence-electron chi connectivity index (χ2n) is 5.44. The van der Waals surface area contributed by atoms with Crippen molar-refractivity contribution in [3.05, 3.63) is 71.0 Å². The van der Waals surface area contributed by atoms with E-state index >= 15 is 0 Å². The van der Waals surface area contributed by atoms with Gasteiger partial charge in [0.1, 0.15) is 10.7 Å². The molecule has 2 heterocycles. The number of pyridine rings is 1. The predicted octanol–water partition coefficient (Wildman–Crippen LogP) is 4.20. The zero-order chi connectivity index (χ0) is 18.6. The van der Waals surface area contributed by atoms with Gasteiger partial charge < -0.3 is 5.32 Å². The fourth-order valence-corrected chi connectivity index (χ4v) is 3.12. The highest BCUT2D eigenvalue weighted by atomic mass is 32.1. The fraction of sp³-hybridized carbons (Fsp3) is 0.167. The molecule has 26 heavy (non-hydrogen) atoms. The minimum Gasteiger partial charge on any atom is -0.350 e. The normalized spacial score (nSPS) is 11.3. The third-order valence-corrected chi connectivity index (χ3v) is 4.50. The van der Waals surface area contributed by atoms with Crippen LogP contribution in [0.15, 0.2) is 54.0 Å². The van der Waals surface area contributed by atoms with Crippen molar-refractivity contribution in [1.29, 1.82) is 0 Å². The maximum Gasteiger partial charge on any atom is 0.416 e. The quantitative estimate of drug-likeness (QED) is 0.725. The van der Waals surface area contributed by atoms with E-state index in [1.165, 1.54) is 11.3 Å². The number of carbonyl (C=O) groups excluding carboxylic acids is 1. The van der Waals surface area contributed by atoms with Crippen molar-refractivity contribution in [3.8, 4) is 10.6 Å². The molecule has 0 spiro atoms. The van der Waals surface area contributed by atoms with Crippen molar-refractivity contribution in [3.63, 3.8) is 0 Å². The Morgan fingerprint density at radius 1 is 1.15 bits per heavy atom. The van der Waals surface area contributed by atoms with Crippen molar-refractivity contribution in [2.45, 2.75) is 12.6 Å². The molecule has 1 amide bonds. The first-order valence-electron chi connectivity index (χ1n) is 7.75. The molecule has 1 N–H and O–H groups in total. The van der Waals surface area contributed by atoms with Crippen LogP contribution in [-0.4, -0.2) is 22.4 Å². The lowest BCUT2D eigenvalue weighted by Crippen LogP contribution is -2.27. The van der Waals surface area contributed by atoms with Gasteiger partial charge in [-0.05, 0) is 12.1 Å². The van der Waals surface area contributed by atoms with Gasteiger partial charge in [0.15, 0.2) is 0 Å². The van der Waals surface area contributed by atoms with Gasteiger partial charge in [0.2, 0.25) is 0 Å². The number of halogens is 3. The Hall–Kier alpha value is -2.74. The van der Waals surface area contributed by atoms with Crippen LogP contribution in [-0.2, 0) is 12.6 Å². The van der Waals surface area contributed by atoms with Gasteiger partial charge in [-0.15, -0.1) is 11.3 Å². The Bertz CT molecular complexity index is 894. The topological polar surface area (TPSA) is 54.9 Å². The number of amides is 1.